The smallest absolute Gasteiger partial charge is 0.310 e. The number of carbonyl (C=O) groups excluding carboxylic acids is 2. The van der Waals surface area contributed by atoms with Crippen molar-refractivity contribution in [3.63, 3.8) is 0 Å². The van der Waals surface area contributed by atoms with Crippen LogP contribution in [0.3, 0.4) is 0 Å². The van der Waals surface area contributed by atoms with Gasteiger partial charge in [-0.2, -0.15) is 0 Å². The minimum Gasteiger partial charge on any atom is -0.497 e. The van der Waals surface area contributed by atoms with E-state index in [-0.39, 0.29) is 23.7 Å². The maximum absolute atomic E-state index is 13.4. The van der Waals surface area contributed by atoms with E-state index in [9.17, 15) is 14.5 Å². The molecule has 2 heterocycles. The summed E-state index contributed by atoms with van der Waals surface area (Å²) in [5, 5.41) is 1.30. The number of likely N-dealkylation sites (tertiary alicyclic amines) is 1. The fraction of sp³-hybridized carbons (Fsp3) is 0.407. The molecular formula is C27H30ClN3O5S. The van der Waals surface area contributed by atoms with Crippen molar-refractivity contribution >= 4 is 46.3 Å². The lowest BCUT2D eigenvalue weighted by molar-refractivity contribution is -0.143. The molecule has 0 amide bonds. The number of carbonyl (C=O) groups is 2. The molecule has 1 aliphatic heterocycles. The number of hydrogen-bond donors (Lipinski definition) is 0. The highest BCUT2D eigenvalue weighted by Crippen LogP contribution is 2.39. The molecule has 0 aliphatic carbocycles. The van der Waals surface area contributed by atoms with Crippen molar-refractivity contribution in [3.8, 4) is 5.75 Å². The molecule has 8 nitrogen and oxygen atoms in total. The molecule has 1 fully saturated rings. The first-order valence-electron chi connectivity index (χ1n) is 12.1. The number of benzene rings is 2. The normalized spacial score (nSPS) is 15.5. The van der Waals surface area contributed by atoms with Gasteiger partial charge in [0.25, 0.3) is 5.91 Å². The van der Waals surface area contributed by atoms with Crippen molar-refractivity contribution in [3.05, 3.63) is 69.2 Å². The van der Waals surface area contributed by atoms with Crippen LogP contribution in [0.1, 0.15) is 40.9 Å². The maximum Gasteiger partial charge on any atom is 0.310 e. The molecule has 196 valence electrons. The Labute approximate surface area is 225 Å². The van der Waals surface area contributed by atoms with Crippen LogP contribution in [0.4, 0.5) is 0 Å². The lowest BCUT2D eigenvalue weighted by Gasteiger charge is -2.37. The fourth-order valence-electron chi connectivity index (χ4n) is 4.83. The number of aromatic nitrogens is 1. The van der Waals surface area contributed by atoms with Crippen LogP contribution in [0, 0.1) is 11.8 Å². The van der Waals surface area contributed by atoms with Gasteiger partial charge in [0, 0.05) is 42.9 Å². The van der Waals surface area contributed by atoms with Gasteiger partial charge in [-0.25, -0.2) is 0 Å². The van der Waals surface area contributed by atoms with Gasteiger partial charge in [-0.3, -0.25) is 14.2 Å². The lowest BCUT2D eigenvalue weighted by atomic mass is 9.93. The molecule has 0 N–H and O–H groups in total. The number of piperidine rings is 1. The molecule has 1 aromatic heterocycles. The summed E-state index contributed by atoms with van der Waals surface area (Å²) in [6, 6.07) is 12.1. The predicted octanol–water partition coefficient (Wildman–Crippen LogP) is 5.66. The van der Waals surface area contributed by atoms with E-state index in [0.29, 0.717) is 39.5 Å². The standard InChI is InChI=1S/C27H30ClN3O5S/c1-18-22(17-25(32)36-15-12-27(37-29-34)10-13-30(2)14-11-27)23-16-21(35-3)8-9-24(23)31(18)26(33)19-4-6-20(28)7-5-19/h4-9,16H,10-15,17H2,1-3H3. The second-order valence-corrected chi connectivity index (χ2v) is 11.0. The van der Waals surface area contributed by atoms with Crippen molar-refractivity contribution in [1.29, 1.82) is 0 Å². The number of fused-ring (bicyclic) bond motifs is 1. The maximum atomic E-state index is 13.4. The Kier molecular flexibility index (Phi) is 8.56. The summed E-state index contributed by atoms with van der Waals surface area (Å²) in [5.41, 5.74) is 2.53. The minimum absolute atomic E-state index is 0.00517. The van der Waals surface area contributed by atoms with Crippen LogP contribution in [-0.2, 0) is 16.0 Å². The Morgan fingerprint density at radius 1 is 1.14 bits per heavy atom. The number of nitrogens with zero attached hydrogens (tertiary/aromatic N) is 3. The molecule has 0 bridgehead atoms. The molecule has 37 heavy (non-hydrogen) atoms. The van der Waals surface area contributed by atoms with Gasteiger partial charge in [0.05, 0.1) is 25.7 Å². The predicted molar refractivity (Wildman–Crippen MR) is 147 cm³/mol. The number of halogens is 1. The van der Waals surface area contributed by atoms with Gasteiger partial charge >= 0.3 is 5.97 Å². The van der Waals surface area contributed by atoms with Gasteiger partial charge in [0.15, 0.2) is 0 Å². The summed E-state index contributed by atoms with van der Waals surface area (Å²) >= 11 is 7.06. The number of hydrogen-bond acceptors (Lipinski definition) is 8. The Hall–Kier alpha value is -2.88. The van der Waals surface area contributed by atoms with Crippen LogP contribution in [0.2, 0.25) is 5.02 Å². The molecule has 0 radical (unpaired) electrons. The second-order valence-electron chi connectivity index (χ2n) is 9.39. The number of nitroso groups, excluding NO2 is 1. The van der Waals surface area contributed by atoms with Crippen molar-refractivity contribution in [1.82, 2.24) is 9.47 Å². The summed E-state index contributed by atoms with van der Waals surface area (Å²) in [6.45, 7) is 3.77. The highest BCUT2D eigenvalue weighted by Gasteiger charge is 2.35. The molecule has 0 unspecified atom stereocenters. The van der Waals surface area contributed by atoms with Gasteiger partial charge in [-0.15, -0.1) is 4.91 Å². The number of rotatable bonds is 9. The van der Waals surface area contributed by atoms with Gasteiger partial charge < -0.3 is 14.4 Å². The SMILES string of the molecule is COc1ccc2c(c1)c(CC(=O)OCCC1(SN=O)CCN(C)CC1)c(C)n2C(=O)c1ccc(Cl)cc1. The highest BCUT2D eigenvalue weighted by atomic mass is 35.5. The van der Waals surface area contributed by atoms with Crippen LogP contribution in [0.5, 0.6) is 5.75 Å². The molecule has 0 atom stereocenters. The molecule has 1 aliphatic rings. The summed E-state index contributed by atoms with van der Waals surface area (Å²) in [5.74, 6) is 0.0170. The van der Waals surface area contributed by atoms with Crippen LogP contribution >= 0.6 is 23.5 Å². The molecule has 1 saturated heterocycles. The summed E-state index contributed by atoms with van der Waals surface area (Å²) in [7, 11) is 3.62. The Morgan fingerprint density at radius 3 is 2.49 bits per heavy atom. The molecule has 10 heteroatoms. The zero-order valence-electron chi connectivity index (χ0n) is 21.2. The van der Waals surface area contributed by atoms with E-state index in [1.165, 1.54) is 0 Å². The first kappa shape index (κ1) is 27.2. The second kappa shape index (κ2) is 11.7. The van der Waals surface area contributed by atoms with Crippen molar-refractivity contribution in [2.45, 2.75) is 37.4 Å². The Bertz CT molecular complexity index is 1300. The fourth-order valence-corrected chi connectivity index (χ4v) is 5.66. The monoisotopic (exact) mass is 543 g/mol. The van der Waals surface area contributed by atoms with E-state index >= 15 is 0 Å². The van der Waals surface area contributed by atoms with E-state index < -0.39 is 5.97 Å². The third-order valence-electron chi connectivity index (χ3n) is 7.11. The van der Waals surface area contributed by atoms with Crippen molar-refractivity contribution in [2.24, 2.45) is 4.58 Å². The topological polar surface area (TPSA) is 90.2 Å². The Morgan fingerprint density at radius 2 is 1.84 bits per heavy atom. The molecule has 0 spiro atoms. The minimum atomic E-state index is -0.393. The zero-order chi connectivity index (χ0) is 26.6. The van der Waals surface area contributed by atoms with Crippen LogP contribution in [-0.4, -0.2) is 59.9 Å². The summed E-state index contributed by atoms with van der Waals surface area (Å²) < 4.78 is 15.4. The van der Waals surface area contributed by atoms with Crippen molar-refractivity contribution in [2.75, 3.05) is 33.9 Å². The first-order chi connectivity index (χ1) is 17.8. The molecule has 3 aromatic rings. The quantitative estimate of drug-likeness (QED) is 0.195. The third-order valence-corrected chi connectivity index (χ3v) is 8.43. The van der Waals surface area contributed by atoms with Crippen LogP contribution < -0.4 is 4.74 Å². The van der Waals surface area contributed by atoms with E-state index in [1.54, 1.807) is 42.0 Å². The van der Waals surface area contributed by atoms with E-state index in [2.05, 4.69) is 16.5 Å². The average Bonchev–Trinajstić information content (AvgIpc) is 3.16. The van der Waals surface area contributed by atoms with E-state index in [0.717, 1.165) is 43.3 Å². The number of ether oxygens (including phenoxy) is 2. The molecule has 0 saturated carbocycles. The number of methoxy groups -OCH3 is 1. The largest absolute Gasteiger partial charge is 0.497 e. The zero-order valence-corrected chi connectivity index (χ0v) is 22.7. The number of esters is 1. The van der Waals surface area contributed by atoms with Crippen LogP contribution in [0.25, 0.3) is 10.9 Å². The molecule has 4 rings (SSSR count). The van der Waals surface area contributed by atoms with E-state index in [1.807, 2.05) is 19.1 Å². The Balaban J connectivity index is 1.55. The van der Waals surface area contributed by atoms with Gasteiger partial charge in [-0.1, -0.05) is 11.6 Å². The lowest BCUT2D eigenvalue weighted by Crippen LogP contribution is -2.41. The van der Waals surface area contributed by atoms with E-state index in [4.69, 9.17) is 21.1 Å². The summed E-state index contributed by atoms with van der Waals surface area (Å²) in [6.07, 6.45) is 2.20. The van der Waals surface area contributed by atoms with Gasteiger partial charge in [0.1, 0.15) is 5.75 Å². The van der Waals surface area contributed by atoms with Crippen molar-refractivity contribution < 1.29 is 19.1 Å². The first-order valence-corrected chi connectivity index (χ1v) is 13.3. The van der Waals surface area contributed by atoms with Crippen LogP contribution in [0.15, 0.2) is 47.0 Å². The average molecular weight is 544 g/mol. The molecular weight excluding hydrogens is 514 g/mol. The third kappa shape index (κ3) is 6.00. The highest BCUT2D eigenvalue weighted by molar-refractivity contribution is 7.99. The van der Waals surface area contributed by atoms with Gasteiger partial charge in [0.2, 0.25) is 0 Å². The molecule has 2 aromatic carbocycles. The van der Waals surface area contributed by atoms with Gasteiger partial charge in [-0.05, 0) is 94.4 Å². The summed E-state index contributed by atoms with van der Waals surface area (Å²) in [4.78, 5) is 39.6.